The average Bonchev–Trinajstić information content (AvgIpc) is 2.74. The van der Waals surface area contributed by atoms with Gasteiger partial charge in [-0.1, -0.05) is 86.5 Å². The number of benzene rings is 2. The number of aromatic nitrogens is 1. The first-order valence-electron chi connectivity index (χ1n) is 9.90. The van der Waals surface area contributed by atoms with Crippen LogP contribution in [0.5, 0.6) is 0 Å². The van der Waals surface area contributed by atoms with Gasteiger partial charge < -0.3 is 10.4 Å². The molecule has 0 unspecified atom stereocenters. The topological polar surface area (TPSA) is 36.1 Å². The molecule has 0 fully saturated rings. The zero-order valence-electron chi connectivity index (χ0n) is 17.7. The van der Waals surface area contributed by atoms with Gasteiger partial charge in [0.25, 0.3) is 5.70 Å². The van der Waals surface area contributed by atoms with Crippen molar-refractivity contribution < 1.29 is 9.67 Å². The van der Waals surface area contributed by atoms with E-state index in [0.29, 0.717) is 32.8 Å². The minimum Gasteiger partial charge on any atom is -0.502 e. The van der Waals surface area contributed by atoms with Crippen molar-refractivity contribution in [1.29, 1.82) is 0 Å². The second-order valence-corrected chi connectivity index (χ2v) is 9.49. The molecule has 3 aromatic rings. The molecule has 31 heavy (non-hydrogen) atoms. The minimum absolute atomic E-state index is 0.00729. The number of rotatable bonds is 5. The Labute approximate surface area is 199 Å². The molecule has 0 spiro atoms. The van der Waals surface area contributed by atoms with Crippen molar-refractivity contribution in [2.75, 3.05) is 0 Å². The summed E-state index contributed by atoms with van der Waals surface area (Å²) in [6.07, 6.45) is 3.78. The first-order chi connectivity index (χ1) is 14.7. The molecule has 0 aliphatic carbocycles. The van der Waals surface area contributed by atoms with E-state index in [-0.39, 0.29) is 11.2 Å². The highest BCUT2D eigenvalue weighted by Crippen LogP contribution is 2.28. The van der Waals surface area contributed by atoms with Crippen LogP contribution in [0.15, 0.2) is 73.1 Å². The van der Waals surface area contributed by atoms with Crippen molar-refractivity contribution in [3.63, 3.8) is 0 Å². The smallest absolute Gasteiger partial charge is 0.288 e. The Balaban J connectivity index is 2.05. The number of aliphatic hydroxyl groups is 1. The summed E-state index contributed by atoms with van der Waals surface area (Å²) in [6.45, 7) is 6.98. The zero-order chi connectivity index (χ0) is 22.6. The monoisotopic (exact) mass is 471 g/mol. The SMILES string of the molecule is CC(C)(C)c1cc[n+](C(C(=S)NCc2ccccc2)=C(O)c2cc(Cl)ccc2Cl)cc1. The summed E-state index contributed by atoms with van der Waals surface area (Å²) in [4.78, 5) is 0.394. The molecule has 2 N–H and O–H groups in total. The van der Waals surface area contributed by atoms with E-state index < -0.39 is 0 Å². The van der Waals surface area contributed by atoms with Gasteiger partial charge in [0, 0.05) is 29.3 Å². The van der Waals surface area contributed by atoms with Crippen molar-refractivity contribution in [1.82, 2.24) is 5.32 Å². The van der Waals surface area contributed by atoms with E-state index in [4.69, 9.17) is 35.4 Å². The predicted octanol–water partition coefficient (Wildman–Crippen LogP) is 6.58. The molecule has 2 aromatic carbocycles. The first-order valence-corrected chi connectivity index (χ1v) is 11.1. The summed E-state index contributed by atoms with van der Waals surface area (Å²) < 4.78 is 1.79. The van der Waals surface area contributed by atoms with E-state index in [1.54, 1.807) is 22.8 Å². The molecule has 3 nitrogen and oxygen atoms in total. The highest BCUT2D eigenvalue weighted by atomic mass is 35.5. The van der Waals surface area contributed by atoms with Gasteiger partial charge in [-0.15, -0.1) is 0 Å². The Morgan fingerprint density at radius 3 is 2.26 bits per heavy atom. The van der Waals surface area contributed by atoms with Crippen LogP contribution in [-0.4, -0.2) is 10.1 Å². The Morgan fingerprint density at radius 1 is 1.00 bits per heavy atom. The molecule has 0 saturated carbocycles. The molecule has 0 aliphatic heterocycles. The fourth-order valence-electron chi connectivity index (χ4n) is 3.09. The lowest BCUT2D eigenvalue weighted by Crippen LogP contribution is -2.41. The van der Waals surface area contributed by atoms with Gasteiger partial charge in [0.1, 0.15) is 0 Å². The molecular weight excluding hydrogens is 447 g/mol. The van der Waals surface area contributed by atoms with Crippen LogP contribution < -0.4 is 9.88 Å². The maximum atomic E-state index is 11.2. The lowest BCUT2D eigenvalue weighted by molar-refractivity contribution is -0.576. The molecule has 0 bridgehead atoms. The fraction of sp³-hybridized carbons (Fsp3) is 0.200. The van der Waals surface area contributed by atoms with E-state index >= 15 is 0 Å². The molecule has 1 heterocycles. The van der Waals surface area contributed by atoms with Crippen LogP contribution in [0.2, 0.25) is 10.0 Å². The summed E-state index contributed by atoms with van der Waals surface area (Å²) in [5, 5.41) is 15.3. The molecule has 160 valence electrons. The molecule has 0 aliphatic rings. The number of hydrogen-bond donors (Lipinski definition) is 2. The highest BCUT2D eigenvalue weighted by Gasteiger charge is 2.26. The maximum absolute atomic E-state index is 11.2. The minimum atomic E-state index is -0.0495. The lowest BCUT2D eigenvalue weighted by Gasteiger charge is -2.18. The number of thiocarbonyl (C=S) groups is 1. The van der Waals surface area contributed by atoms with Crippen LogP contribution in [0.1, 0.15) is 37.5 Å². The van der Waals surface area contributed by atoms with Crippen LogP contribution in [0, 0.1) is 0 Å². The van der Waals surface area contributed by atoms with Crippen LogP contribution in [0.3, 0.4) is 0 Å². The molecule has 6 heteroatoms. The molecule has 0 saturated heterocycles. The summed E-state index contributed by atoms with van der Waals surface area (Å²) >= 11 is 18.2. The Hall–Kier alpha value is -2.40. The number of pyridine rings is 1. The van der Waals surface area contributed by atoms with Gasteiger partial charge in [-0.25, -0.2) is 0 Å². The van der Waals surface area contributed by atoms with E-state index in [1.165, 1.54) is 5.56 Å². The Kier molecular flexibility index (Phi) is 7.37. The standard InChI is InChI=1S/C25H24Cl2N2OS/c1-25(2,3)18-11-13-29(14-12-18)22(23(30)20-15-19(26)9-10-21(20)27)24(31)28-16-17-7-5-4-6-8-17/h4-15H,16H2,1-3H3,(H-,28,30,31)/p+1. The third-order valence-electron chi connectivity index (χ3n) is 4.87. The average molecular weight is 472 g/mol. The molecule has 1 aromatic heterocycles. The van der Waals surface area contributed by atoms with E-state index in [0.717, 1.165) is 5.56 Å². The van der Waals surface area contributed by atoms with Crippen molar-refractivity contribution in [3.05, 3.63) is 99.8 Å². The van der Waals surface area contributed by atoms with Gasteiger partial charge in [-0.05, 0) is 34.7 Å². The van der Waals surface area contributed by atoms with Crippen molar-refractivity contribution in [3.8, 4) is 0 Å². The summed E-state index contributed by atoms with van der Waals surface area (Å²) in [7, 11) is 0. The van der Waals surface area contributed by atoms with E-state index in [2.05, 4.69) is 26.1 Å². The molecular formula is C25H25Cl2N2OS+. The van der Waals surface area contributed by atoms with Crippen LogP contribution >= 0.6 is 35.4 Å². The summed E-state index contributed by atoms with van der Waals surface area (Å²) in [5.41, 5.74) is 3.10. The van der Waals surface area contributed by atoms with Gasteiger partial charge in [-0.2, -0.15) is 4.57 Å². The third kappa shape index (κ3) is 5.85. The number of nitrogens with zero attached hydrogens (tertiary/aromatic N) is 1. The summed E-state index contributed by atoms with van der Waals surface area (Å²) in [6, 6.07) is 18.9. The molecule has 3 rings (SSSR count). The first kappa shape index (κ1) is 23.3. The van der Waals surface area contributed by atoms with Crippen LogP contribution in [0.25, 0.3) is 11.5 Å². The summed E-state index contributed by atoms with van der Waals surface area (Å²) in [5.74, 6) is -0.0495. The fourth-order valence-corrected chi connectivity index (χ4v) is 3.74. The third-order valence-corrected chi connectivity index (χ3v) is 5.77. The van der Waals surface area contributed by atoms with Gasteiger partial charge in [0.2, 0.25) is 5.76 Å². The quantitative estimate of drug-likeness (QED) is 0.191. The number of aliphatic hydroxyl groups excluding tert-OH is 1. The van der Waals surface area contributed by atoms with Crippen LogP contribution in [-0.2, 0) is 12.0 Å². The van der Waals surface area contributed by atoms with Crippen LogP contribution in [0.4, 0.5) is 0 Å². The lowest BCUT2D eigenvalue weighted by atomic mass is 9.88. The largest absolute Gasteiger partial charge is 0.502 e. The molecule has 0 radical (unpaired) electrons. The second kappa shape index (κ2) is 9.82. The second-order valence-electron chi connectivity index (χ2n) is 8.23. The molecule has 0 atom stereocenters. The number of nitrogens with one attached hydrogen (secondary N) is 1. The highest BCUT2D eigenvalue weighted by molar-refractivity contribution is 7.81. The molecule has 0 amide bonds. The maximum Gasteiger partial charge on any atom is 0.288 e. The van der Waals surface area contributed by atoms with Gasteiger partial charge >= 0.3 is 0 Å². The van der Waals surface area contributed by atoms with E-state index in [1.807, 2.05) is 54.9 Å². The Morgan fingerprint density at radius 2 is 1.65 bits per heavy atom. The Bertz CT molecular complexity index is 1100. The van der Waals surface area contributed by atoms with Gasteiger partial charge in [-0.3, -0.25) is 0 Å². The van der Waals surface area contributed by atoms with E-state index in [9.17, 15) is 5.11 Å². The normalized spacial score (nSPS) is 12.3. The zero-order valence-corrected chi connectivity index (χ0v) is 20.0. The van der Waals surface area contributed by atoms with Crippen molar-refractivity contribution in [2.45, 2.75) is 32.7 Å². The number of halogens is 2. The van der Waals surface area contributed by atoms with Crippen molar-refractivity contribution in [2.24, 2.45) is 0 Å². The predicted molar refractivity (Wildman–Crippen MR) is 133 cm³/mol. The van der Waals surface area contributed by atoms with Crippen molar-refractivity contribution >= 4 is 51.9 Å². The number of hydrogen-bond acceptors (Lipinski definition) is 2. The van der Waals surface area contributed by atoms with Gasteiger partial charge in [0.05, 0.1) is 5.02 Å². The van der Waals surface area contributed by atoms with Gasteiger partial charge in [0.15, 0.2) is 17.4 Å².